The molecule has 0 bridgehead atoms. The number of hydrogen-bond donors (Lipinski definition) is 2. The van der Waals surface area contributed by atoms with Crippen LogP contribution in [0.5, 0.6) is 0 Å². The molecular weight excluding hydrogens is 316 g/mol. The van der Waals surface area contributed by atoms with Crippen molar-refractivity contribution < 1.29 is 14.7 Å². The van der Waals surface area contributed by atoms with E-state index >= 15 is 0 Å². The minimum Gasteiger partial charge on any atom is -0.388 e. The van der Waals surface area contributed by atoms with Gasteiger partial charge in [-0.3, -0.25) is 9.59 Å². The highest BCUT2D eigenvalue weighted by atomic mass is 16.3. The van der Waals surface area contributed by atoms with Gasteiger partial charge in [-0.2, -0.15) is 0 Å². The molecule has 1 aliphatic heterocycles. The number of aliphatic hydroxyl groups is 1. The zero-order valence-electron chi connectivity index (χ0n) is 15.9. The number of rotatable bonds is 4. The van der Waals surface area contributed by atoms with Crippen LogP contribution in [0.25, 0.3) is 0 Å². The lowest BCUT2D eigenvalue weighted by Gasteiger charge is -2.33. The highest BCUT2D eigenvalue weighted by Gasteiger charge is 2.38. The Morgan fingerprint density at radius 2 is 1.68 bits per heavy atom. The number of carbonyl (C=O) groups is 2. The average Bonchev–Trinajstić information content (AvgIpc) is 3.01. The molecule has 138 valence electrons. The maximum absolute atomic E-state index is 12.8. The van der Waals surface area contributed by atoms with Crippen molar-refractivity contribution in [2.45, 2.75) is 59.1 Å². The highest BCUT2D eigenvalue weighted by molar-refractivity contribution is 5.98. The molecule has 5 heteroatoms. The van der Waals surface area contributed by atoms with Gasteiger partial charge in [0.15, 0.2) is 0 Å². The summed E-state index contributed by atoms with van der Waals surface area (Å²) in [5.74, 6) is -0.226. The number of carbonyl (C=O) groups excluding carboxylic acids is 2. The Bertz CT molecular complexity index is 624. The number of amides is 2. The normalized spacial score (nSPS) is 18.3. The first-order valence-electron chi connectivity index (χ1n) is 8.91. The number of hydrogen-bond acceptors (Lipinski definition) is 3. The van der Waals surface area contributed by atoms with Crippen LogP contribution < -0.4 is 5.32 Å². The molecule has 0 radical (unpaired) electrons. The molecule has 0 saturated carbocycles. The van der Waals surface area contributed by atoms with Crippen LogP contribution in [0.4, 0.5) is 0 Å². The molecule has 25 heavy (non-hydrogen) atoms. The van der Waals surface area contributed by atoms with Crippen molar-refractivity contribution in [2.24, 2.45) is 5.41 Å². The molecule has 5 nitrogen and oxygen atoms in total. The Morgan fingerprint density at radius 1 is 1.12 bits per heavy atom. The van der Waals surface area contributed by atoms with Crippen LogP contribution in [0.3, 0.4) is 0 Å². The molecule has 1 aromatic rings. The summed E-state index contributed by atoms with van der Waals surface area (Å²) in [4.78, 5) is 26.7. The Kier molecular flexibility index (Phi) is 5.57. The van der Waals surface area contributed by atoms with Gasteiger partial charge in [-0.1, -0.05) is 20.8 Å². The molecule has 1 aliphatic rings. The molecule has 0 spiro atoms. The number of nitrogens with one attached hydrogen (secondary N) is 1. The lowest BCUT2D eigenvalue weighted by Crippen LogP contribution is -2.48. The first kappa shape index (κ1) is 19.4. The largest absolute Gasteiger partial charge is 0.388 e. The van der Waals surface area contributed by atoms with E-state index in [0.29, 0.717) is 24.2 Å². The third-order valence-corrected chi connectivity index (χ3v) is 4.50. The lowest BCUT2D eigenvalue weighted by atomic mass is 9.96. The van der Waals surface area contributed by atoms with E-state index in [2.05, 4.69) is 26.1 Å². The van der Waals surface area contributed by atoms with Crippen LogP contribution in [-0.2, 0) is 0 Å². The summed E-state index contributed by atoms with van der Waals surface area (Å²) >= 11 is 0. The van der Waals surface area contributed by atoms with Crippen LogP contribution in [-0.4, -0.2) is 46.6 Å². The molecular formula is C20H30N2O3. The van der Waals surface area contributed by atoms with Crippen molar-refractivity contribution in [1.82, 2.24) is 10.2 Å². The second-order valence-corrected chi connectivity index (χ2v) is 8.63. The second-order valence-electron chi connectivity index (χ2n) is 8.63. The molecule has 1 aromatic carbocycles. The van der Waals surface area contributed by atoms with Gasteiger partial charge in [0.05, 0.1) is 11.6 Å². The predicted molar refractivity (Wildman–Crippen MR) is 98.6 cm³/mol. The van der Waals surface area contributed by atoms with Crippen LogP contribution >= 0.6 is 0 Å². The van der Waals surface area contributed by atoms with E-state index in [-0.39, 0.29) is 23.3 Å². The van der Waals surface area contributed by atoms with E-state index in [1.54, 1.807) is 43.0 Å². The van der Waals surface area contributed by atoms with E-state index in [1.807, 2.05) is 0 Å². The van der Waals surface area contributed by atoms with Gasteiger partial charge in [0.1, 0.15) is 0 Å². The van der Waals surface area contributed by atoms with Crippen molar-refractivity contribution >= 4 is 11.8 Å². The Balaban J connectivity index is 2.06. The van der Waals surface area contributed by atoms with Gasteiger partial charge in [-0.05, 0) is 56.4 Å². The smallest absolute Gasteiger partial charge is 0.254 e. The molecule has 0 aromatic heterocycles. The fourth-order valence-corrected chi connectivity index (χ4v) is 3.12. The second kappa shape index (κ2) is 7.16. The monoisotopic (exact) mass is 346 g/mol. The van der Waals surface area contributed by atoms with E-state index < -0.39 is 5.60 Å². The Morgan fingerprint density at radius 3 is 2.20 bits per heavy atom. The van der Waals surface area contributed by atoms with E-state index in [0.717, 1.165) is 12.8 Å². The van der Waals surface area contributed by atoms with Crippen molar-refractivity contribution in [3.05, 3.63) is 35.4 Å². The highest BCUT2D eigenvalue weighted by Crippen LogP contribution is 2.28. The van der Waals surface area contributed by atoms with Crippen molar-refractivity contribution in [3.8, 4) is 0 Å². The summed E-state index contributed by atoms with van der Waals surface area (Å²) in [5.41, 5.74) is 0.191. The van der Waals surface area contributed by atoms with Gasteiger partial charge < -0.3 is 15.3 Å². The first-order valence-corrected chi connectivity index (χ1v) is 8.91. The molecule has 1 heterocycles. The summed E-state index contributed by atoms with van der Waals surface area (Å²) in [6, 6.07) is 6.57. The zero-order valence-corrected chi connectivity index (χ0v) is 15.9. The summed E-state index contributed by atoms with van der Waals surface area (Å²) < 4.78 is 0. The van der Waals surface area contributed by atoms with Gasteiger partial charge in [-0.15, -0.1) is 0 Å². The molecule has 2 amide bonds. The lowest BCUT2D eigenvalue weighted by molar-refractivity contribution is 0.000336. The van der Waals surface area contributed by atoms with E-state index in [4.69, 9.17) is 0 Å². The standard InChI is InChI=1S/C20H30N2O3/c1-19(2,3)13-21-17(23)14-8-10-15(11-9-14)18(24)22-12-6-7-16(22)20(4,5)25/h8-11,16,25H,6-7,12-13H2,1-5H3,(H,21,23). The van der Waals surface area contributed by atoms with Crippen molar-refractivity contribution in [2.75, 3.05) is 13.1 Å². The summed E-state index contributed by atoms with van der Waals surface area (Å²) in [5, 5.41) is 13.2. The van der Waals surface area contributed by atoms with E-state index in [9.17, 15) is 14.7 Å². The number of benzene rings is 1. The SMILES string of the molecule is CC(C)(C)CNC(=O)c1ccc(C(=O)N2CCCC2C(C)(C)O)cc1. The Labute approximate surface area is 150 Å². The van der Waals surface area contributed by atoms with Crippen molar-refractivity contribution in [1.29, 1.82) is 0 Å². The van der Waals surface area contributed by atoms with Gasteiger partial charge in [-0.25, -0.2) is 0 Å². The molecule has 1 saturated heterocycles. The third kappa shape index (κ3) is 5.05. The summed E-state index contributed by atoms with van der Waals surface area (Å²) in [6.45, 7) is 10.9. The molecule has 1 atom stereocenters. The maximum Gasteiger partial charge on any atom is 0.254 e. The molecule has 1 fully saturated rings. The molecule has 2 N–H and O–H groups in total. The molecule has 0 aliphatic carbocycles. The minimum atomic E-state index is -0.918. The van der Waals surface area contributed by atoms with Crippen LogP contribution in [0.1, 0.15) is 68.2 Å². The topological polar surface area (TPSA) is 69.6 Å². The van der Waals surface area contributed by atoms with Crippen LogP contribution in [0.2, 0.25) is 0 Å². The third-order valence-electron chi connectivity index (χ3n) is 4.50. The number of likely N-dealkylation sites (tertiary alicyclic amines) is 1. The van der Waals surface area contributed by atoms with Gasteiger partial charge in [0, 0.05) is 24.2 Å². The van der Waals surface area contributed by atoms with Crippen molar-refractivity contribution in [3.63, 3.8) is 0 Å². The van der Waals surface area contributed by atoms with Gasteiger partial charge in [0.2, 0.25) is 0 Å². The first-order chi connectivity index (χ1) is 11.5. The fraction of sp³-hybridized carbons (Fsp3) is 0.600. The zero-order chi connectivity index (χ0) is 18.8. The van der Waals surface area contributed by atoms with Gasteiger partial charge in [0.25, 0.3) is 11.8 Å². The number of nitrogens with zero attached hydrogens (tertiary/aromatic N) is 1. The van der Waals surface area contributed by atoms with E-state index in [1.165, 1.54) is 0 Å². The maximum atomic E-state index is 12.8. The molecule has 2 rings (SSSR count). The van der Waals surface area contributed by atoms with Gasteiger partial charge >= 0.3 is 0 Å². The average molecular weight is 346 g/mol. The van der Waals surface area contributed by atoms with Crippen LogP contribution in [0.15, 0.2) is 24.3 Å². The fourth-order valence-electron chi connectivity index (χ4n) is 3.12. The summed E-state index contributed by atoms with van der Waals surface area (Å²) in [7, 11) is 0. The summed E-state index contributed by atoms with van der Waals surface area (Å²) in [6.07, 6.45) is 1.70. The molecule has 1 unspecified atom stereocenters. The Hall–Kier alpha value is -1.88. The predicted octanol–water partition coefficient (Wildman–Crippen LogP) is 2.84. The minimum absolute atomic E-state index is 0.0213. The quantitative estimate of drug-likeness (QED) is 0.881. The van der Waals surface area contributed by atoms with Crippen LogP contribution in [0, 0.1) is 5.41 Å².